The lowest BCUT2D eigenvalue weighted by Gasteiger charge is -2.10. The summed E-state index contributed by atoms with van der Waals surface area (Å²) >= 11 is 0. The van der Waals surface area contributed by atoms with E-state index in [1.807, 2.05) is 13.8 Å². The average molecular weight is 273 g/mol. The Hall–Kier alpha value is -2.30. The molecule has 0 spiro atoms. The maximum atomic E-state index is 11.9. The molecule has 106 valence electrons. The highest BCUT2D eigenvalue weighted by Gasteiger charge is 2.06. The Morgan fingerprint density at radius 2 is 2.10 bits per heavy atom. The minimum absolute atomic E-state index is 0.0901. The van der Waals surface area contributed by atoms with Crippen LogP contribution in [0.15, 0.2) is 36.7 Å². The van der Waals surface area contributed by atoms with Crippen molar-refractivity contribution in [3.05, 3.63) is 48.0 Å². The van der Waals surface area contributed by atoms with Gasteiger partial charge < -0.3 is 15.0 Å². The highest BCUT2D eigenvalue weighted by molar-refractivity contribution is 5.94. The molecule has 1 amide bonds. The van der Waals surface area contributed by atoms with Gasteiger partial charge in [-0.1, -0.05) is 0 Å². The fourth-order valence-corrected chi connectivity index (χ4v) is 1.79. The zero-order valence-electron chi connectivity index (χ0n) is 11.7. The number of benzene rings is 1. The first kappa shape index (κ1) is 14.1. The van der Waals surface area contributed by atoms with Crippen LogP contribution in [0.2, 0.25) is 0 Å². The van der Waals surface area contributed by atoms with Gasteiger partial charge in [0.15, 0.2) is 0 Å². The normalized spacial score (nSPS) is 10.6. The monoisotopic (exact) mass is 273 g/mol. The molecular formula is C15H19N3O2. The van der Waals surface area contributed by atoms with E-state index >= 15 is 0 Å². The van der Waals surface area contributed by atoms with Gasteiger partial charge in [-0.25, -0.2) is 4.98 Å². The number of aromatic amines is 1. The molecule has 0 aliphatic rings. The van der Waals surface area contributed by atoms with Crippen molar-refractivity contribution in [2.24, 2.45) is 0 Å². The van der Waals surface area contributed by atoms with Gasteiger partial charge in [-0.15, -0.1) is 0 Å². The summed E-state index contributed by atoms with van der Waals surface area (Å²) in [5.74, 6) is 1.55. The molecule has 1 heterocycles. The Bertz CT molecular complexity index is 533. The molecule has 0 aliphatic heterocycles. The van der Waals surface area contributed by atoms with E-state index in [1.54, 1.807) is 36.7 Å². The lowest BCUT2D eigenvalue weighted by Crippen LogP contribution is -2.25. The first-order valence-corrected chi connectivity index (χ1v) is 6.68. The Balaban J connectivity index is 1.82. The van der Waals surface area contributed by atoms with E-state index < -0.39 is 0 Å². The summed E-state index contributed by atoms with van der Waals surface area (Å²) in [5.41, 5.74) is 0.626. The third-order valence-electron chi connectivity index (χ3n) is 2.69. The van der Waals surface area contributed by atoms with Gasteiger partial charge >= 0.3 is 0 Å². The van der Waals surface area contributed by atoms with Crippen LogP contribution >= 0.6 is 0 Å². The second-order valence-electron chi connectivity index (χ2n) is 4.73. The van der Waals surface area contributed by atoms with Gasteiger partial charge in [0.05, 0.1) is 6.10 Å². The number of aromatic nitrogens is 2. The Morgan fingerprint density at radius 1 is 1.35 bits per heavy atom. The molecule has 0 bridgehead atoms. The smallest absolute Gasteiger partial charge is 0.251 e. The van der Waals surface area contributed by atoms with Crippen LogP contribution in [0.25, 0.3) is 0 Å². The van der Waals surface area contributed by atoms with E-state index in [-0.39, 0.29) is 12.0 Å². The molecule has 5 nitrogen and oxygen atoms in total. The molecule has 0 radical (unpaired) electrons. The fraction of sp³-hybridized carbons (Fsp3) is 0.333. The predicted molar refractivity (Wildman–Crippen MR) is 76.8 cm³/mol. The Morgan fingerprint density at radius 3 is 2.70 bits per heavy atom. The first-order valence-electron chi connectivity index (χ1n) is 6.68. The molecular weight excluding hydrogens is 254 g/mol. The molecule has 0 aliphatic carbocycles. The highest BCUT2D eigenvalue weighted by atomic mass is 16.5. The summed E-state index contributed by atoms with van der Waals surface area (Å²) in [4.78, 5) is 19.0. The number of hydrogen-bond acceptors (Lipinski definition) is 3. The van der Waals surface area contributed by atoms with Crippen molar-refractivity contribution in [1.29, 1.82) is 0 Å². The largest absolute Gasteiger partial charge is 0.491 e. The van der Waals surface area contributed by atoms with Crippen LogP contribution in [0.1, 0.15) is 30.0 Å². The minimum atomic E-state index is -0.0901. The zero-order chi connectivity index (χ0) is 14.4. The second-order valence-corrected chi connectivity index (χ2v) is 4.73. The van der Waals surface area contributed by atoms with Crippen LogP contribution in [-0.4, -0.2) is 28.5 Å². The maximum Gasteiger partial charge on any atom is 0.251 e. The minimum Gasteiger partial charge on any atom is -0.491 e. The third-order valence-corrected chi connectivity index (χ3v) is 2.69. The number of nitrogens with zero attached hydrogens (tertiary/aromatic N) is 1. The van der Waals surface area contributed by atoms with Crippen LogP contribution in [0.4, 0.5) is 0 Å². The van der Waals surface area contributed by atoms with E-state index in [1.165, 1.54) is 0 Å². The van der Waals surface area contributed by atoms with Crippen molar-refractivity contribution < 1.29 is 9.53 Å². The van der Waals surface area contributed by atoms with E-state index in [2.05, 4.69) is 15.3 Å². The zero-order valence-corrected chi connectivity index (χ0v) is 11.7. The van der Waals surface area contributed by atoms with Crippen molar-refractivity contribution in [2.75, 3.05) is 6.54 Å². The number of carbonyl (C=O) groups is 1. The first-order chi connectivity index (χ1) is 9.65. The number of rotatable bonds is 6. The Kier molecular flexibility index (Phi) is 4.76. The summed E-state index contributed by atoms with van der Waals surface area (Å²) in [5, 5.41) is 2.86. The van der Waals surface area contributed by atoms with E-state index in [0.717, 1.165) is 11.6 Å². The van der Waals surface area contributed by atoms with Gasteiger partial charge in [-0.3, -0.25) is 4.79 Å². The fourth-order valence-electron chi connectivity index (χ4n) is 1.79. The molecule has 1 aromatic heterocycles. The standard InChI is InChI=1S/C15H19N3O2/c1-11(2)20-13-5-3-12(4-6-13)15(19)18-8-7-14-16-9-10-17-14/h3-6,9-11H,7-8H2,1-2H3,(H,16,17)(H,18,19). The van der Waals surface area contributed by atoms with Crippen LogP contribution in [0, 0.1) is 0 Å². The molecule has 0 saturated heterocycles. The highest BCUT2D eigenvalue weighted by Crippen LogP contribution is 2.13. The summed E-state index contributed by atoms with van der Waals surface area (Å²) in [6.07, 6.45) is 4.28. The molecule has 0 fully saturated rings. The maximum absolute atomic E-state index is 11.9. The molecule has 20 heavy (non-hydrogen) atoms. The average Bonchev–Trinajstić information content (AvgIpc) is 2.92. The molecule has 0 atom stereocenters. The topological polar surface area (TPSA) is 67.0 Å². The van der Waals surface area contributed by atoms with Crippen LogP contribution in [0.3, 0.4) is 0 Å². The number of ether oxygens (including phenoxy) is 1. The summed E-state index contributed by atoms with van der Waals surface area (Å²) in [6, 6.07) is 7.14. The van der Waals surface area contributed by atoms with Crippen LogP contribution in [0.5, 0.6) is 5.75 Å². The van der Waals surface area contributed by atoms with Gasteiger partial charge in [-0.05, 0) is 38.1 Å². The lowest BCUT2D eigenvalue weighted by atomic mass is 10.2. The number of nitrogens with one attached hydrogen (secondary N) is 2. The summed E-state index contributed by atoms with van der Waals surface area (Å²) < 4.78 is 5.53. The van der Waals surface area contributed by atoms with Crippen molar-refractivity contribution in [3.63, 3.8) is 0 Å². The van der Waals surface area contributed by atoms with Gasteiger partial charge in [0, 0.05) is 30.9 Å². The number of hydrogen-bond donors (Lipinski definition) is 2. The lowest BCUT2D eigenvalue weighted by molar-refractivity contribution is 0.0954. The van der Waals surface area contributed by atoms with Crippen molar-refractivity contribution >= 4 is 5.91 Å². The van der Waals surface area contributed by atoms with Crippen molar-refractivity contribution in [3.8, 4) is 5.75 Å². The number of carbonyl (C=O) groups excluding carboxylic acids is 1. The van der Waals surface area contributed by atoms with Crippen LogP contribution in [-0.2, 0) is 6.42 Å². The molecule has 5 heteroatoms. The summed E-state index contributed by atoms with van der Waals surface area (Å²) in [6.45, 7) is 4.49. The van der Waals surface area contributed by atoms with Crippen molar-refractivity contribution in [1.82, 2.24) is 15.3 Å². The molecule has 1 aromatic carbocycles. The van der Waals surface area contributed by atoms with Gasteiger partial charge in [0.2, 0.25) is 0 Å². The van der Waals surface area contributed by atoms with Gasteiger partial charge in [0.25, 0.3) is 5.91 Å². The van der Waals surface area contributed by atoms with Crippen LogP contribution < -0.4 is 10.1 Å². The van der Waals surface area contributed by atoms with E-state index in [4.69, 9.17) is 4.74 Å². The van der Waals surface area contributed by atoms with Gasteiger partial charge in [0.1, 0.15) is 11.6 Å². The van der Waals surface area contributed by atoms with E-state index in [9.17, 15) is 4.79 Å². The number of H-pyrrole nitrogens is 1. The summed E-state index contributed by atoms with van der Waals surface area (Å²) in [7, 11) is 0. The second kappa shape index (κ2) is 6.75. The molecule has 0 saturated carbocycles. The predicted octanol–water partition coefficient (Wildman–Crippen LogP) is 2.17. The van der Waals surface area contributed by atoms with Crippen molar-refractivity contribution in [2.45, 2.75) is 26.4 Å². The van der Waals surface area contributed by atoms with E-state index in [0.29, 0.717) is 18.5 Å². The Labute approximate surface area is 118 Å². The quantitative estimate of drug-likeness (QED) is 0.847. The third kappa shape index (κ3) is 4.12. The molecule has 2 N–H and O–H groups in total. The van der Waals surface area contributed by atoms with Gasteiger partial charge in [-0.2, -0.15) is 0 Å². The number of imidazole rings is 1. The SMILES string of the molecule is CC(C)Oc1ccc(C(=O)NCCc2ncc[nH]2)cc1. The molecule has 2 aromatic rings. The molecule has 2 rings (SSSR count). The number of amides is 1. The molecule has 0 unspecified atom stereocenters.